The Kier molecular flexibility index (Phi) is 5.85. The van der Waals surface area contributed by atoms with E-state index in [9.17, 15) is 4.79 Å². The third-order valence-electron chi connectivity index (χ3n) is 5.02. The van der Waals surface area contributed by atoms with E-state index in [0.29, 0.717) is 39.6 Å². The Bertz CT molecular complexity index is 1140. The van der Waals surface area contributed by atoms with Crippen molar-refractivity contribution >= 4 is 29.3 Å². The highest BCUT2D eigenvalue weighted by Gasteiger charge is 2.36. The fourth-order valence-electron chi connectivity index (χ4n) is 3.65. The predicted octanol–water partition coefficient (Wildman–Crippen LogP) is 3.94. The van der Waals surface area contributed by atoms with Crippen molar-refractivity contribution in [1.82, 2.24) is 14.8 Å². The molecule has 3 aromatic rings. The van der Waals surface area contributed by atoms with E-state index in [1.165, 1.54) is 11.8 Å². The van der Waals surface area contributed by atoms with Crippen LogP contribution in [0.3, 0.4) is 0 Å². The molecule has 1 atom stereocenters. The van der Waals surface area contributed by atoms with Gasteiger partial charge >= 0.3 is 0 Å². The van der Waals surface area contributed by atoms with Gasteiger partial charge in [-0.1, -0.05) is 42.1 Å². The molecule has 0 unspecified atom stereocenters. The number of para-hydroxylation sites is 2. The first-order chi connectivity index (χ1) is 15.1. The normalized spacial score (nSPS) is 15.2. The molecule has 2 N–H and O–H groups in total. The van der Waals surface area contributed by atoms with Crippen LogP contribution >= 0.6 is 11.8 Å². The topological polar surface area (TPSA) is 90.3 Å². The highest BCUT2D eigenvalue weighted by atomic mass is 32.2. The number of allylic oxidation sites excluding steroid dienone is 1. The lowest BCUT2D eigenvalue weighted by Crippen LogP contribution is -2.31. The summed E-state index contributed by atoms with van der Waals surface area (Å²) in [5.74, 6) is 1.44. The largest absolute Gasteiger partial charge is 0.493 e. The summed E-state index contributed by atoms with van der Waals surface area (Å²) in [5, 5.41) is 11.4. The minimum atomic E-state index is -0.557. The van der Waals surface area contributed by atoms with Crippen LogP contribution in [0.15, 0.2) is 65.0 Å². The number of aromatic nitrogens is 3. The van der Waals surface area contributed by atoms with Gasteiger partial charge in [0, 0.05) is 16.9 Å². The fraction of sp³-hybridized carbons (Fsp3) is 0.227. The van der Waals surface area contributed by atoms with Crippen molar-refractivity contribution in [2.24, 2.45) is 0 Å². The smallest absolute Gasteiger partial charge is 0.255 e. The molecule has 0 aliphatic carbocycles. The maximum Gasteiger partial charge on any atom is 0.255 e. The molecule has 0 saturated carbocycles. The van der Waals surface area contributed by atoms with Gasteiger partial charge in [-0.3, -0.25) is 4.79 Å². The van der Waals surface area contributed by atoms with Gasteiger partial charge in [-0.25, -0.2) is 4.68 Å². The third kappa shape index (κ3) is 3.84. The highest BCUT2D eigenvalue weighted by Crippen LogP contribution is 2.43. The van der Waals surface area contributed by atoms with Gasteiger partial charge in [-0.2, -0.15) is 4.98 Å². The minimum absolute atomic E-state index is 0.238. The summed E-state index contributed by atoms with van der Waals surface area (Å²) in [6.45, 7) is 1.86. The Hall–Kier alpha value is -3.46. The number of fused-ring (bicyclic) bond motifs is 1. The Labute approximate surface area is 184 Å². The van der Waals surface area contributed by atoms with Gasteiger partial charge in [0.2, 0.25) is 11.1 Å². The highest BCUT2D eigenvalue weighted by molar-refractivity contribution is 7.98. The number of methoxy groups -OCH3 is 2. The molecular formula is C22H23N5O3S. The third-order valence-corrected chi connectivity index (χ3v) is 5.56. The van der Waals surface area contributed by atoms with Crippen LogP contribution < -0.4 is 20.1 Å². The lowest BCUT2D eigenvalue weighted by Gasteiger charge is -2.29. The van der Waals surface area contributed by atoms with Crippen molar-refractivity contribution in [3.05, 3.63) is 65.4 Å². The maximum absolute atomic E-state index is 13.5. The number of rotatable bonds is 6. The van der Waals surface area contributed by atoms with E-state index in [1.54, 1.807) is 18.9 Å². The van der Waals surface area contributed by atoms with Gasteiger partial charge in [0.05, 0.1) is 19.8 Å². The fourth-order valence-corrected chi connectivity index (χ4v) is 3.99. The maximum atomic E-state index is 13.5. The molecular weight excluding hydrogens is 414 g/mol. The van der Waals surface area contributed by atoms with E-state index in [2.05, 4.69) is 20.7 Å². The Morgan fingerprint density at radius 3 is 2.58 bits per heavy atom. The van der Waals surface area contributed by atoms with Crippen LogP contribution in [0.25, 0.3) is 0 Å². The van der Waals surface area contributed by atoms with Gasteiger partial charge in [-0.05, 0) is 31.4 Å². The van der Waals surface area contributed by atoms with Crippen LogP contribution in [0.2, 0.25) is 0 Å². The van der Waals surface area contributed by atoms with Gasteiger partial charge in [-0.15, -0.1) is 5.10 Å². The minimum Gasteiger partial charge on any atom is -0.493 e. The number of hydrogen-bond donors (Lipinski definition) is 2. The lowest BCUT2D eigenvalue weighted by atomic mass is 9.94. The Balaban J connectivity index is 1.87. The summed E-state index contributed by atoms with van der Waals surface area (Å²) < 4.78 is 12.9. The number of carbonyl (C=O) groups excluding carboxylic acids is 1. The van der Waals surface area contributed by atoms with Crippen molar-refractivity contribution < 1.29 is 14.3 Å². The number of hydrogen-bond acceptors (Lipinski definition) is 7. The zero-order valence-corrected chi connectivity index (χ0v) is 18.5. The summed E-state index contributed by atoms with van der Waals surface area (Å²) >= 11 is 1.43. The molecule has 0 fully saturated rings. The summed E-state index contributed by atoms with van der Waals surface area (Å²) in [4.78, 5) is 18.0. The molecule has 0 saturated heterocycles. The molecule has 9 heteroatoms. The van der Waals surface area contributed by atoms with E-state index in [1.807, 2.05) is 61.7 Å². The number of amides is 1. The average Bonchev–Trinajstić information content (AvgIpc) is 3.20. The van der Waals surface area contributed by atoms with Crippen molar-refractivity contribution in [3.63, 3.8) is 0 Å². The summed E-state index contributed by atoms with van der Waals surface area (Å²) in [5.41, 5.74) is 2.66. The van der Waals surface area contributed by atoms with E-state index in [-0.39, 0.29) is 5.91 Å². The number of benzene rings is 2. The second-order valence-corrected chi connectivity index (χ2v) is 7.61. The second-order valence-electron chi connectivity index (χ2n) is 6.84. The Morgan fingerprint density at radius 1 is 1.13 bits per heavy atom. The molecule has 0 spiro atoms. The van der Waals surface area contributed by atoms with E-state index in [4.69, 9.17) is 9.47 Å². The number of carbonyl (C=O) groups is 1. The van der Waals surface area contributed by atoms with Crippen LogP contribution in [0.5, 0.6) is 11.5 Å². The number of anilines is 2. The van der Waals surface area contributed by atoms with E-state index < -0.39 is 6.04 Å². The molecule has 1 aromatic heterocycles. The number of nitrogens with zero attached hydrogens (tertiary/aromatic N) is 3. The second kappa shape index (κ2) is 8.73. The molecule has 31 heavy (non-hydrogen) atoms. The monoisotopic (exact) mass is 437 g/mol. The first kappa shape index (κ1) is 20.8. The van der Waals surface area contributed by atoms with Crippen molar-refractivity contribution in [3.8, 4) is 11.5 Å². The van der Waals surface area contributed by atoms with Crippen LogP contribution in [-0.4, -0.2) is 41.1 Å². The van der Waals surface area contributed by atoms with Crippen molar-refractivity contribution in [1.29, 1.82) is 0 Å². The lowest BCUT2D eigenvalue weighted by molar-refractivity contribution is -0.113. The molecule has 1 aliphatic rings. The van der Waals surface area contributed by atoms with E-state index >= 15 is 0 Å². The summed E-state index contributed by atoms with van der Waals surface area (Å²) in [6, 6.07) is 14.4. The molecule has 1 amide bonds. The van der Waals surface area contributed by atoms with Crippen LogP contribution in [-0.2, 0) is 4.79 Å². The molecule has 4 rings (SSSR count). The van der Waals surface area contributed by atoms with Crippen molar-refractivity contribution in [2.75, 3.05) is 31.1 Å². The standard InChI is InChI=1S/C22H23N5O3S/c1-13-17(20(28)24-14-9-6-5-7-10-14)18(27-21(23-13)25-22(26-27)31-4)15-11-8-12-16(29-2)19(15)30-3/h5-12,18H,1-4H3,(H,24,28)(H,23,25,26)/t18-/m1/s1. The average molecular weight is 438 g/mol. The first-order valence-corrected chi connectivity index (χ1v) is 10.9. The summed E-state index contributed by atoms with van der Waals surface area (Å²) in [6.07, 6.45) is 1.91. The number of thioether (sulfide) groups is 1. The molecule has 2 aromatic carbocycles. The number of nitrogens with one attached hydrogen (secondary N) is 2. The van der Waals surface area contributed by atoms with Gasteiger partial charge in [0.15, 0.2) is 11.5 Å². The molecule has 1 aliphatic heterocycles. The zero-order chi connectivity index (χ0) is 22.0. The number of ether oxygens (including phenoxy) is 2. The first-order valence-electron chi connectivity index (χ1n) is 9.63. The molecule has 8 nitrogen and oxygen atoms in total. The van der Waals surface area contributed by atoms with Crippen LogP contribution in [0, 0.1) is 0 Å². The molecule has 0 bridgehead atoms. The Morgan fingerprint density at radius 2 is 1.90 bits per heavy atom. The molecule has 2 heterocycles. The van der Waals surface area contributed by atoms with Crippen LogP contribution in [0.4, 0.5) is 11.6 Å². The summed E-state index contributed by atoms with van der Waals surface area (Å²) in [7, 11) is 3.17. The predicted molar refractivity (Wildman–Crippen MR) is 121 cm³/mol. The van der Waals surface area contributed by atoms with E-state index in [0.717, 1.165) is 5.56 Å². The quantitative estimate of drug-likeness (QED) is 0.565. The molecule has 0 radical (unpaired) electrons. The van der Waals surface area contributed by atoms with Gasteiger partial charge in [0.25, 0.3) is 5.91 Å². The van der Waals surface area contributed by atoms with Crippen molar-refractivity contribution in [2.45, 2.75) is 18.1 Å². The van der Waals surface area contributed by atoms with Crippen LogP contribution in [0.1, 0.15) is 18.5 Å². The SMILES string of the molecule is COc1cccc([C@@H]2C(C(=O)Nc3ccccc3)=C(C)Nc3nc(SC)nn32)c1OC. The zero-order valence-electron chi connectivity index (χ0n) is 17.7. The van der Waals surface area contributed by atoms with Gasteiger partial charge < -0.3 is 20.1 Å². The van der Waals surface area contributed by atoms with Gasteiger partial charge in [0.1, 0.15) is 6.04 Å². The molecule has 160 valence electrons.